The van der Waals surface area contributed by atoms with Crippen LogP contribution in [0.5, 0.6) is 5.75 Å². The number of phenolic OH excluding ortho intramolecular Hbond substituents is 1. The second-order valence-electron chi connectivity index (χ2n) is 8.38. The molecule has 0 spiro atoms. The first-order valence-electron chi connectivity index (χ1n) is 11.4. The quantitative estimate of drug-likeness (QED) is 0.373. The summed E-state index contributed by atoms with van der Waals surface area (Å²) >= 11 is 5.88. The summed E-state index contributed by atoms with van der Waals surface area (Å²) in [6.07, 6.45) is 5.57. The maximum atomic E-state index is 14.1. The van der Waals surface area contributed by atoms with E-state index in [1.807, 2.05) is 0 Å². The van der Waals surface area contributed by atoms with Gasteiger partial charge < -0.3 is 20.6 Å². The predicted molar refractivity (Wildman–Crippen MR) is 135 cm³/mol. The molecule has 4 rings (SSSR count). The number of phenols is 1. The molecule has 1 aliphatic rings. The van der Waals surface area contributed by atoms with Gasteiger partial charge in [0.2, 0.25) is 5.95 Å². The van der Waals surface area contributed by atoms with Crippen LogP contribution < -0.4 is 10.6 Å². The summed E-state index contributed by atoms with van der Waals surface area (Å²) in [5.41, 5.74) is 0.265. The molecule has 0 unspecified atom stereocenters. The standard InChI is InChI=1S/C24H25ClFN5O4S/c25-19-8-9-20(32)22(26)21(19)23(33)29-17-14-27-24(28-15-17)30-16-4-6-18(7-5-16)36(34,35)13-3-12-31-10-1-2-11-31/h4-9,14-15,32H,1-3,10-13H2,(H,29,33)(H,27,28,30). The van der Waals surface area contributed by atoms with E-state index in [9.17, 15) is 22.7 Å². The van der Waals surface area contributed by atoms with Crippen LogP contribution in [0.25, 0.3) is 0 Å². The largest absolute Gasteiger partial charge is 0.505 e. The van der Waals surface area contributed by atoms with Gasteiger partial charge in [0.15, 0.2) is 21.4 Å². The zero-order valence-corrected chi connectivity index (χ0v) is 20.8. The number of aromatic nitrogens is 2. The highest BCUT2D eigenvalue weighted by Gasteiger charge is 2.20. The molecule has 190 valence electrons. The SMILES string of the molecule is O=C(Nc1cnc(Nc2ccc(S(=O)(=O)CCCN3CCCC3)cc2)nc1)c1c(Cl)ccc(O)c1F. The van der Waals surface area contributed by atoms with E-state index in [4.69, 9.17) is 11.6 Å². The molecule has 0 aliphatic carbocycles. The van der Waals surface area contributed by atoms with Crippen molar-refractivity contribution in [3.63, 3.8) is 0 Å². The van der Waals surface area contributed by atoms with E-state index in [0.29, 0.717) is 12.1 Å². The highest BCUT2D eigenvalue weighted by molar-refractivity contribution is 7.91. The van der Waals surface area contributed by atoms with E-state index in [1.165, 1.54) is 43.4 Å². The molecule has 36 heavy (non-hydrogen) atoms. The van der Waals surface area contributed by atoms with E-state index < -0.39 is 32.9 Å². The van der Waals surface area contributed by atoms with Gasteiger partial charge in [0.1, 0.15) is 0 Å². The Bertz CT molecular complexity index is 1330. The van der Waals surface area contributed by atoms with E-state index in [-0.39, 0.29) is 27.3 Å². The molecule has 0 saturated carbocycles. The zero-order chi connectivity index (χ0) is 25.7. The van der Waals surface area contributed by atoms with Gasteiger partial charge in [-0.05, 0) is 75.3 Å². The molecule has 1 fully saturated rings. The molecule has 0 radical (unpaired) electrons. The van der Waals surface area contributed by atoms with Gasteiger partial charge in [0.25, 0.3) is 5.91 Å². The van der Waals surface area contributed by atoms with E-state index >= 15 is 0 Å². The number of benzene rings is 2. The molecule has 1 saturated heterocycles. The molecule has 1 amide bonds. The number of nitrogens with one attached hydrogen (secondary N) is 2. The molecule has 0 bridgehead atoms. The molecule has 1 aliphatic heterocycles. The number of carbonyl (C=O) groups is 1. The number of anilines is 3. The average molecular weight is 534 g/mol. The summed E-state index contributed by atoms with van der Waals surface area (Å²) in [5, 5.41) is 14.7. The fraction of sp³-hybridized carbons (Fsp3) is 0.292. The average Bonchev–Trinajstić information content (AvgIpc) is 3.37. The lowest BCUT2D eigenvalue weighted by atomic mass is 10.2. The number of nitrogens with zero attached hydrogens (tertiary/aromatic N) is 3. The molecule has 0 atom stereocenters. The number of sulfone groups is 1. The lowest BCUT2D eigenvalue weighted by molar-refractivity contribution is 0.102. The van der Waals surface area contributed by atoms with Crippen LogP contribution in [0.15, 0.2) is 53.7 Å². The summed E-state index contributed by atoms with van der Waals surface area (Å²) < 4.78 is 39.3. The minimum atomic E-state index is -3.37. The lowest BCUT2D eigenvalue weighted by Gasteiger charge is -2.14. The summed E-state index contributed by atoms with van der Waals surface area (Å²) in [7, 11) is -3.37. The third-order valence-electron chi connectivity index (χ3n) is 5.76. The second kappa shape index (κ2) is 11.2. The number of aromatic hydroxyl groups is 1. The summed E-state index contributed by atoms with van der Waals surface area (Å²) in [6.45, 7) is 2.88. The van der Waals surface area contributed by atoms with Crippen molar-refractivity contribution in [2.24, 2.45) is 0 Å². The first-order valence-corrected chi connectivity index (χ1v) is 13.4. The van der Waals surface area contributed by atoms with Crippen molar-refractivity contribution in [2.75, 3.05) is 36.0 Å². The number of hydrogen-bond donors (Lipinski definition) is 3. The van der Waals surface area contributed by atoms with Crippen molar-refractivity contribution in [3.05, 3.63) is 65.2 Å². The zero-order valence-electron chi connectivity index (χ0n) is 19.2. The van der Waals surface area contributed by atoms with Crippen LogP contribution in [0.4, 0.5) is 21.7 Å². The van der Waals surface area contributed by atoms with Crippen molar-refractivity contribution in [1.29, 1.82) is 0 Å². The number of hydrogen-bond acceptors (Lipinski definition) is 8. The number of halogens is 2. The summed E-state index contributed by atoms with van der Waals surface area (Å²) in [5.74, 6) is -2.38. The summed E-state index contributed by atoms with van der Waals surface area (Å²) in [6, 6.07) is 8.59. The normalized spacial score (nSPS) is 14.1. The van der Waals surface area contributed by atoms with Gasteiger partial charge in [0.05, 0.1) is 39.3 Å². The lowest BCUT2D eigenvalue weighted by Crippen LogP contribution is -2.22. The van der Waals surface area contributed by atoms with Crippen LogP contribution in [-0.4, -0.2) is 59.7 Å². The van der Waals surface area contributed by atoms with Crippen LogP contribution in [0.1, 0.15) is 29.6 Å². The van der Waals surface area contributed by atoms with Gasteiger partial charge in [-0.1, -0.05) is 11.6 Å². The predicted octanol–water partition coefficient (Wildman–Crippen LogP) is 4.23. The Morgan fingerprint density at radius 3 is 2.39 bits per heavy atom. The minimum absolute atomic E-state index is 0.101. The molecule has 3 aromatic rings. The maximum Gasteiger partial charge on any atom is 0.260 e. The Labute approximate surface area is 213 Å². The van der Waals surface area contributed by atoms with Crippen LogP contribution in [0.2, 0.25) is 5.02 Å². The summed E-state index contributed by atoms with van der Waals surface area (Å²) in [4.78, 5) is 23.1. The van der Waals surface area contributed by atoms with Crippen LogP contribution in [-0.2, 0) is 9.84 Å². The van der Waals surface area contributed by atoms with E-state index in [1.54, 1.807) is 12.1 Å². The molecule has 12 heteroatoms. The second-order valence-corrected chi connectivity index (χ2v) is 10.9. The van der Waals surface area contributed by atoms with Crippen LogP contribution in [0, 0.1) is 5.82 Å². The topological polar surface area (TPSA) is 125 Å². The maximum absolute atomic E-state index is 14.1. The number of amides is 1. The molecule has 9 nitrogen and oxygen atoms in total. The fourth-order valence-corrected chi connectivity index (χ4v) is 5.40. The Balaban J connectivity index is 1.33. The highest BCUT2D eigenvalue weighted by Crippen LogP contribution is 2.27. The van der Waals surface area contributed by atoms with E-state index in [2.05, 4.69) is 25.5 Å². The monoisotopic (exact) mass is 533 g/mol. The van der Waals surface area contributed by atoms with Gasteiger partial charge in [0, 0.05) is 5.69 Å². The third kappa shape index (κ3) is 6.28. The number of carbonyl (C=O) groups excluding carboxylic acids is 1. The van der Waals surface area contributed by atoms with Crippen molar-refractivity contribution in [1.82, 2.24) is 14.9 Å². The molecular weight excluding hydrogens is 509 g/mol. The van der Waals surface area contributed by atoms with Crippen molar-refractivity contribution in [2.45, 2.75) is 24.2 Å². The first kappa shape index (κ1) is 25.8. The fourth-order valence-electron chi connectivity index (χ4n) is 3.88. The Morgan fingerprint density at radius 2 is 1.72 bits per heavy atom. The van der Waals surface area contributed by atoms with Crippen molar-refractivity contribution in [3.8, 4) is 5.75 Å². The minimum Gasteiger partial charge on any atom is -0.505 e. The van der Waals surface area contributed by atoms with Crippen molar-refractivity contribution < 1.29 is 22.7 Å². The van der Waals surface area contributed by atoms with Gasteiger partial charge in [-0.2, -0.15) is 0 Å². The van der Waals surface area contributed by atoms with Gasteiger partial charge in [-0.15, -0.1) is 0 Å². The van der Waals surface area contributed by atoms with E-state index in [0.717, 1.165) is 25.7 Å². The molecule has 2 heterocycles. The van der Waals surface area contributed by atoms with Gasteiger partial charge >= 0.3 is 0 Å². The number of rotatable bonds is 9. The Hall–Kier alpha value is -3.28. The van der Waals surface area contributed by atoms with Gasteiger partial charge in [-0.25, -0.2) is 22.8 Å². The molecule has 2 aromatic carbocycles. The van der Waals surface area contributed by atoms with Crippen LogP contribution >= 0.6 is 11.6 Å². The molecule has 1 aromatic heterocycles. The highest BCUT2D eigenvalue weighted by atomic mass is 35.5. The first-order chi connectivity index (χ1) is 17.2. The Kier molecular flexibility index (Phi) is 8.02. The van der Waals surface area contributed by atoms with Crippen LogP contribution in [0.3, 0.4) is 0 Å². The molecule has 3 N–H and O–H groups in total. The smallest absolute Gasteiger partial charge is 0.260 e. The van der Waals surface area contributed by atoms with Gasteiger partial charge in [-0.3, -0.25) is 4.79 Å². The Morgan fingerprint density at radius 1 is 1.06 bits per heavy atom. The number of likely N-dealkylation sites (tertiary alicyclic amines) is 1. The van der Waals surface area contributed by atoms with Crippen molar-refractivity contribution >= 4 is 44.7 Å². The molecular formula is C24H25ClFN5O4S. The third-order valence-corrected chi connectivity index (χ3v) is 7.89.